The van der Waals surface area contributed by atoms with Crippen LogP contribution in [0.3, 0.4) is 0 Å². The van der Waals surface area contributed by atoms with Crippen molar-refractivity contribution in [1.82, 2.24) is 5.32 Å². The van der Waals surface area contributed by atoms with Crippen LogP contribution >= 0.6 is 0 Å². The molecule has 0 spiro atoms. The summed E-state index contributed by atoms with van der Waals surface area (Å²) < 4.78 is 0. The van der Waals surface area contributed by atoms with Crippen molar-refractivity contribution in [2.45, 2.75) is 59.2 Å². The van der Waals surface area contributed by atoms with Crippen LogP contribution in [0.4, 0.5) is 0 Å². The molecular weight excluding hydrogens is 222 g/mol. The smallest absolute Gasteiger partial charge is 0.0804 e. The lowest BCUT2D eigenvalue weighted by atomic mass is 9.87. The summed E-state index contributed by atoms with van der Waals surface area (Å²) in [5, 5.41) is 13.7. The van der Waals surface area contributed by atoms with Gasteiger partial charge in [-0.25, -0.2) is 0 Å². The van der Waals surface area contributed by atoms with E-state index < -0.39 is 0 Å². The molecule has 3 atom stereocenters. The van der Waals surface area contributed by atoms with Gasteiger partial charge in [-0.3, -0.25) is 0 Å². The zero-order valence-electron chi connectivity index (χ0n) is 12.3. The number of aliphatic hydroxyl groups is 1. The lowest BCUT2D eigenvalue weighted by molar-refractivity contribution is 0.145. The molecule has 1 rings (SSSR count). The van der Waals surface area contributed by atoms with Gasteiger partial charge in [-0.2, -0.15) is 0 Å². The normalized spacial score (nSPS) is 17.2. The fourth-order valence-electron chi connectivity index (χ4n) is 1.89. The minimum atomic E-state index is -0.388. The Morgan fingerprint density at radius 1 is 1.11 bits per heavy atom. The Kier molecular flexibility index (Phi) is 5.36. The summed E-state index contributed by atoms with van der Waals surface area (Å²) in [5.74, 6) is 0. The highest BCUT2D eigenvalue weighted by molar-refractivity contribution is 5.17. The summed E-state index contributed by atoms with van der Waals surface area (Å²) in [6, 6.07) is 10.6. The minimum Gasteiger partial charge on any atom is -0.388 e. The van der Waals surface area contributed by atoms with E-state index in [9.17, 15) is 5.11 Å². The average Bonchev–Trinajstić information content (AvgIpc) is 2.28. The molecule has 0 aliphatic carbocycles. The maximum atomic E-state index is 10.2. The third-order valence-electron chi connectivity index (χ3n) is 3.59. The first-order valence-electron chi connectivity index (χ1n) is 6.79. The Bertz CT molecular complexity index is 342. The Morgan fingerprint density at radius 2 is 1.67 bits per heavy atom. The van der Waals surface area contributed by atoms with E-state index in [1.54, 1.807) is 0 Å². The van der Waals surface area contributed by atoms with Gasteiger partial charge < -0.3 is 10.4 Å². The standard InChI is InChI=1S/C16H27NO/c1-12(17-13(2)16(3,4)5)11-15(18)14-9-7-6-8-10-14/h6-10,12-13,15,17-18H,11H2,1-5H3. The molecule has 18 heavy (non-hydrogen) atoms. The summed E-state index contributed by atoms with van der Waals surface area (Å²) in [6.07, 6.45) is 0.352. The van der Waals surface area contributed by atoms with Crippen molar-refractivity contribution in [2.75, 3.05) is 0 Å². The third-order valence-corrected chi connectivity index (χ3v) is 3.59. The number of aliphatic hydroxyl groups excluding tert-OH is 1. The van der Waals surface area contributed by atoms with Crippen molar-refractivity contribution >= 4 is 0 Å². The Labute approximate surface area is 111 Å². The Balaban J connectivity index is 2.48. The summed E-state index contributed by atoms with van der Waals surface area (Å²) >= 11 is 0. The Hall–Kier alpha value is -0.860. The number of nitrogens with one attached hydrogen (secondary N) is 1. The highest BCUT2D eigenvalue weighted by Gasteiger charge is 2.22. The van der Waals surface area contributed by atoms with Crippen molar-refractivity contribution in [2.24, 2.45) is 5.41 Å². The fraction of sp³-hybridized carbons (Fsp3) is 0.625. The molecule has 0 aliphatic rings. The third kappa shape index (κ3) is 4.79. The second kappa shape index (κ2) is 6.35. The van der Waals surface area contributed by atoms with E-state index in [0.29, 0.717) is 12.1 Å². The molecule has 0 amide bonds. The second-order valence-electron chi connectivity index (χ2n) is 6.32. The molecule has 3 unspecified atom stereocenters. The van der Waals surface area contributed by atoms with E-state index >= 15 is 0 Å². The molecule has 1 aromatic carbocycles. The van der Waals surface area contributed by atoms with E-state index in [4.69, 9.17) is 0 Å². The van der Waals surface area contributed by atoms with Crippen LogP contribution in [0.15, 0.2) is 30.3 Å². The molecular formula is C16H27NO. The van der Waals surface area contributed by atoms with Gasteiger partial charge in [0.2, 0.25) is 0 Å². The SMILES string of the molecule is CC(CC(O)c1ccccc1)NC(C)C(C)(C)C. The van der Waals surface area contributed by atoms with Crippen molar-refractivity contribution in [3.8, 4) is 0 Å². The first-order chi connectivity index (χ1) is 8.30. The van der Waals surface area contributed by atoms with E-state index in [0.717, 1.165) is 12.0 Å². The van der Waals surface area contributed by atoms with Crippen LogP contribution in [-0.2, 0) is 0 Å². The summed E-state index contributed by atoms with van der Waals surface area (Å²) in [5.41, 5.74) is 1.24. The van der Waals surface area contributed by atoms with Gasteiger partial charge in [0.1, 0.15) is 0 Å². The molecule has 2 heteroatoms. The molecule has 2 nitrogen and oxygen atoms in total. The van der Waals surface area contributed by atoms with Crippen LogP contribution in [0.25, 0.3) is 0 Å². The highest BCUT2D eigenvalue weighted by atomic mass is 16.3. The average molecular weight is 249 g/mol. The summed E-state index contributed by atoms with van der Waals surface area (Å²) in [7, 11) is 0. The molecule has 0 aliphatic heterocycles. The van der Waals surface area contributed by atoms with Gasteiger partial charge in [-0.05, 0) is 31.2 Å². The van der Waals surface area contributed by atoms with Crippen LogP contribution in [0.1, 0.15) is 52.7 Å². The topological polar surface area (TPSA) is 32.3 Å². The van der Waals surface area contributed by atoms with Gasteiger partial charge in [0.05, 0.1) is 6.10 Å². The highest BCUT2D eigenvalue weighted by Crippen LogP contribution is 2.22. The molecule has 0 heterocycles. The second-order valence-corrected chi connectivity index (χ2v) is 6.32. The molecule has 2 N–H and O–H groups in total. The van der Waals surface area contributed by atoms with E-state index in [2.05, 4.69) is 39.9 Å². The first-order valence-corrected chi connectivity index (χ1v) is 6.79. The van der Waals surface area contributed by atoms with Crippen LogP contribution < -0.4 is 5.32 Å². The van der Waals surface area contributed by atoms with Crippen molar-refractivity contribution in [1.29, 1.82) is 0 Å². The van der Waals surface area contributed by atoms with Gasteiger partial charge in [-0.1, -0.05) is 51.1 Å². The molecule has 0 aromatic heterocycles. The van der Waals surface area contributed by atoms with E-state index in [1.807, 2.05) is 30.3 Å². The van der Waals surface area contributed by atoms with Crippen LogP contribution in [0.2, 0.25) is 0 Å². The zero-order valence-corrected chi connectivity index (χ0v) is 12.3. The molecule has 0 radical (unpaired) electrons. The van der Waals surface area contributed by atoms with Crippen molar-refractivity contribution < 1.29 is 5.11 Å². The predicted molar refractivity (Wildman–Crippen MR) is 77.5 cm³/mol. The van der Waals surface area contributed by atoms with Crippen molar-refractivity contribution in [3.05, 3.63) is 35.9 Å². The number of rotatable bonds is 5. The molecule has 0 saturated heterocycles. The first kappa shape index (κ1) is 15.2. The quantitative estimate of drug-likeness (QED) is 0.837. The molecule has 0 saturated carbocycles. The minimum absolute atomic E-state index is 0.242. The van der Waals surface area contributed by atoms with Gasteiger partial charge in [0, 0.05) is 12.1 Å². The van der Waals surface area contributed by atoms with Gasteiger partial charge in [0.25, 0.3) is 0 Å². The van der Waals surface area contributed by atoms with Crippen LogP contribution in [-0.4, -0.2) is 17.2 Å². The Morgan fingerprint density at radius 3 is 2.17 bits per heavy atom. The summed E-state index contributed by atoms with van der Waals surface area (Å²) in [4.78, 5) is 0. The molecule has 0 bridgehead atoms. The maximum absolute atomic E-state index is 10.2. The number of benzene rings is 1. The predicted octanol–water partition coefficient (Wildman–Crippen LogP) is 3.52. The largest absolute Gasteiger partial charge is 0.388 e. The van der Waals surface area contributed by atoms with E-state index in [-0.39, 0.29) is 11.5 Å². The summed E-state index contributed by atoms with van der Waals surface area (Å²) in [6.45, 7) is 11.0. The lowest BCUT2D eigenvalue weighted by Crippen LogP contribution is -2.43. The fourth-order valence-corrected chi connectivity index (χ4v) is 1.89. The molecule has 1 aromatic rings. The van der Waals surface area contributed by atoms with Crippen molar-refractivity contribution in [3.63, 3.8) is 0 Å². The molecule has 102 valence electrons. The van der Waals surface area contributed by atoms with Gasteiger partial charge >= 0.3 is 0 Å². The zero-order chi connectivity index (χ0) is 13.8. The van der Waals surface area contributed by atoms with E-state index in [1.165, 1.54) is 0 Å². The number of hydrogen-bond acceptors (Lipinski definition) is 2. The van der Waals surface area contributed by atoms with Crippen LogP contribution in [0, 0.1) is 5.41 Å². The lowest BCUT2D eigenvalue weighted by Gasteiger charge is -2.31. The van der Waals surface area contributed by atoms with Gasteiger partial charge in [-0.15, -0.1) is 0 Å². The van der Waals surface area contributed by atoms with Crippen LogP contribution in [0.5, 0.6) is 0 Å². The van der Waals surface area contributed by atoms with Gasteiger partial charge in [0.15, 0.2) is 0 Å². The molecule has 0 fully saturated rings. The number of hydrogen-bond donors (Lipinski definition) is 2. The maximum Gasteiger partial charge on any atom is 0.0804 e. The monoisotopic (exact) mass is 249 g/mol.